The van der Waals surface area contributed by atoms with Crippen LogP contribution < -0.4 is 0 Å². The summed E-state index contributed by atoms with van der Waals surface area (Å²) in [4.78, 5) is 10.9. The summed E-state index contributed by atoms with van der Waals surface area (Å²) in [5, 5.41) is 0. The molecule has 0 aromatic carbocycles. The minimum absolute atomic E-state index is 0.0874. The van der Waals surface area contributed by atoms with Gasteiger partial charge in [0, 0.05) is 17.9 Å². The van der Waals surface area contributed by atoms with Crippen molar-refractivity contribution in [2.45, 2.75) is 17.9 Å². The van der Waals surface area contributed by atoms with E-state index < -0.39 is 0 Å². The van der Waals surface area contributed by atoms with Gasteiger partial charge in [0.1, 0.15) is 0 Å². The van der Waals surface area contributed by atoms with Crippen LogP contribution in [0.5, 0.6) is 0 Å². The van der Waals surface area contributed by atoms with Gasteiger partial charge in [0.2, 0.25) is 0 Å². The Kier molecular flexibility index (Phi) is 4.29. The molecule has 1 heterocycles. The SMILES string of the molecule is COC(=O)CC(C)C1SCCS1. The summed E-state index contributed by atoms with van der Waals surface area (Å²) in [5.41, 5.74) is 0. The van der Waals surface area contributed by atoms with Gasteiger partial charge in [-0.25, -0.2) is 0 Å². The molecular weight excluding hydrogens is 192 g/mol. The van der Waals surface area contributed by atoms with Gasteiger partial charge in [-0.3, -0.25) is 4.79 Å². The molecule has 0 aromatic rings. The normalized spacial score (nSPS) is 20.8. The van der Waals surface area contributed by atoms with Crippen LogP contribution in [0, 0.1) is 5.92 Å². The Hall–Kier alpha value is 0.170. The van der Waals surface area contributed by atoms with Crippen LogP contribution in [0.4, 0.5) is 0 Å². The molecule has 2 nitrogen and oxygen atoms in total. The first kappa shape index (κ1) is 10.3. The van der Waals surface area contributed by atoms with Crippen molar-refractivity contribution in [2.75, 3.05) is 18.6 Å². The lowest BCUT2D eigenvalue weighted by molar-refractivity contribution is -0.141. The molecule has 70 valence electrons. The number of thioether (sulfide) groups is 2. The molecule has 1 atom stereocenters. The number of methoxy groups -OCH3 is 1. The maximum atomic E-state index is 10.9. The molecule has 0 N–H and O–H groups in total. The lowest BCUT2D eigenvalue weighted by Gasteiger charge is -2.15. The van der Waals surface area contributed by atoms with Gasteiger partial charge in [0.15, 0.2) is 0 Å². The van der Waals surface area contributed by atoms with Crippen LogP contribution in [-0.4, -0.2) is 29.2 Å². The van der Waals surface area contributed by atoms with E-state index in [1.165, 1.54) is 18.6 Å². The van der Waals surface area contributed by atoms with Gasteiger partial charge in [-0.2, -0.15) is 0 Å². The van der Waals surface area contributed by atoms with E-state index in [2.05, 4.69) is 11.7 Å². The fourth-order valence-electron chi connectivity index (χ4n) is 1.15. The van der Waals surface area contributed by atoms with E-state index in [4.69, 9.17) is 0 Å². The molecule has 0 radical (unpaired) electrons. The van der Waals surface area contributed by atoms with Crippen molar-refractivity contribution in [3.63, 3.8) is 0 Å². The fourth-order valence-corrected chi connectivity index (χ4v) is 4.19. The molecule has 12 heavy (non-hydrogen) atoms. The highest BCUT2D eigenvalue weighted by Crippen LogP contribution is 2.38. The molecule has 1 aliphatic heterocycles. The molecule has 1 saturated heterocycles. The summed E-state index contributed by atoms with van der Waals surface area (Å²) in [5.74, 6) is 2.80. The smallest absolute Gasteiger partial charge is 0.305 e. The van der Waals surface area contributed by atoms with Gasteiger partial charge in [0.25, 0.3) is 0 Å². The molecule has 0 aliphatic carbocycles. The Morgan fingerprint density at radius 2 is 2.17 bits per heavy atom. The third-order valence-electron chi connectivity index (χ3n) is 1.83. The van der Waals surface area contributed by atoms with Crippen LogP contribution in [0.3, 0.4) is 0 Å². The van der Waals surface area contributed by atoms with Crippen molar-refractivity contribution >= 4 is 29.5 Å². The molecule has 1 unspecified atom stereocenters. The molecule has 1 fully saturated rings. The van der Waals surface area contributed by atoms with E-state index in [9.17, 15) is 4.79 Å². The van der Waals surface area contributed by atoms with Gasteiger partial charge >= 0.3 is 5.97 Å². The first-order chi connectivity index (χ1) is 5.74. The zero-order valence-corrected chi connectivity index (χ0v) is 9.04. The number of hydrogen-bond acceptors (Lipinski definition) is 4. The molecule has 4 heteroatoms. The van der Waals surface area contributed by atoms with Crippen molar-refractivity contribution in [3.8, 4) is 0 Å². The quantitative estimate of drug-likeness (QED) is 0.660. The second-order valence-electron chi connectivity index (χ2n) is 2.87. The molecule has 0 amide bonds. The molecule has 0 aromatic heterocycles. The van der Waals surface area contributed by atoms with Crippen LogP contribution in [0.15, 0.2) is 0 Å². The van der Waals surface area contributed by atoms with Crippen molar-refractivity contribution in [2.24, 2.45) is 5.92 Å². The number of ether oxygens (including phenoxy) is 1. The average Bonchev–Trinajstić information content (AvgIpc) is 2.56. The van der Waals surface area contributed by atoms with E-state index >= 15 is 0 Å². The molecule has 0 spiro atoms. The predicted molar refractivity (Wildman–Crippen MR) is 54.5 cm³/mol. The molecule has 0 saturated carbocycles. The summed E-state index contributed by atoms with van der Waals surface area (Å²) in [7, 11) is 1.45. The predicted octanol–water partition coefficient (Wildman–Crippen LogP) is 1.99. The summed E-state index contributed by atoms with van der Waals surface area (Å²) in [6.45, 7) is 2.12. The highest BCUT2D eigenvalue weighted by atomic mass is 32.2. The largest absolute Gasteiger partial charge is 0.469 e. The number of hydrogen-bond donors (Lipinski definition) is 0. The third-order valence-corrected chi connectivity index (χ3v) is 5.37. The van der Waals surface area contributed by atoms with Gasteiger partial charge in [-0.05, 0) is 5.92 Å². The van der Waals surface area contributed by atoms with Gasteiger partial charge in [-0.1, -0.05) is 6.92 Å². The van der Waals surface area contributed by atoms with E-state index in [1.807, 2.05) is 23.5 Å². The van der Waals surface area contributed by atoms with Crippen LogP contribution in [0.2, 0.25) is 0 Å². The van der Waals surface area contributed by atoms with E-state index in [0.717, 1.165) is 0 Å². The third kappa shape index (κ3) is 2.90. The highest BCUT2D eigenvalue weighted by molar-refractivity contribution is 8.20. The van der Waals surface area contributed by atoms with Crippen LogP contribution in [-0.2, 0) is 9.53 Å². The monoisotopic (exact) mass is 206 g/mol. The Morgan fingerprint density at radius 1 is 1.58 bits per heavy atom. The van der Waals surface area contributed by atoms with Gasteiger partial charge in [-0.15, -0.1) is 23.5 Å². The Labute approximate surface area is 81.8 Å². The minimum Gasteiger partial charge on any atom is -0.469 e. The second-order valence-corrected chi connectivity index (χ2v) is 5.66. The van der Waals surface area contributed by atoms with Gasteiger partial charge < -0.3 is 4.74 Å². The van der Waals surface area contributed by atoms with Gasteiger partial charge in [0.05, 0.1) is 11.7 Å². The zero-order chi connectivity index (χ0) is 8.97. The summed E-state index contributed by atoms with van der Waals surface area (Å²) >= 11 is 3.92. The molecule has 0 bridgehead atoms. The lowest BCUT2D eigenvalue weighted by Crippen LogP contribution is -2.14. The zero-order valence-electron chi connectivity index (χ0n) is 7.41. The lowest BCUT2D eigenvalue weighted by atomic mass is 10.1. The molecule has 1 rings (SSSR count). The number of esters is 1. The topological polar surface area (TPSA) is 26.3 Å². The van der Waals surface area contributed by atoms with E-state index in [1.54, 1.807) is 0 Å². The summed E-state index contributed by atoms with van der Waals surface area (Å²) < 4.78 is 5.22. The number of carbonyl (C=O) groups excluding carboxylic acids is 1. The molecule has 1 aliphatic rings. The average molecular weight is 206 g/mol. The number of carbonyl (C=O) groups is 1. The Balaban J connectivity index is 2.26. The summed E-state index contributed by atoms with van der Waals surface area (Å²) in [6.07, 6.45) is 0.557. The first-order valence-electron chi connectivity index (χ1n) is 4.04. The first-order valence-corrected chi connectivity index (χ1v) is 6.14. The van der Waals surface area contributed by atoms with Crippen molar-refractivity contribution in [1.82, 2.24) is 0 Å². The maximum Gasteiger partial charge on any atom is 0.305 e. The second kappa shape index (κ2) is 5.02. The van der Waals surface area contributed by atoms with Crippen LogP contribution in [0.1, 0.15) is 13.3 Å². The summed E-state index contributed by atoms with van der Waals surface area (Å²) in [6, 6.07) is 0. The minimum atomic E-state index is -0.0874. The van der Waals surface area contributed by atoms with Crippen molar-refractivity contribution in [1.29, 1.82) is 0 Å². The number of rotatable bonds is 3. The van der Waals surface area contributed by atoms with Crippen LogP contribution >= 0.6 is 23.5 Å². The molecular formula is C8H14O2S2. The maximum absolute atomic E-state index is 10.9. The van der Waals surface area contributed by atoms with E-state index in [0.29, 0.717) is 16.9 Å². The Morgan fingerprint density at radius 3 is 2.67 bits per heavy atom. The van der Waals surface area contributed by atoms with Crippen molar-refractivity contribution in [3.05, 3.63) is 0 Å². The highest BCUT2D eigenvalue weighted by Gasteiger charge is 2.24. The van der Waals surface area contributed by atoms with E-state index in [-0.39, 0.29) is 5.97 Å². The fraction of sp³-hybridized carbons (Fsp3) is 0.875. The Bertz CT molecular complexity index is 155. The van der Waals surface area contributed by atoms with Crippen LogP contribution in [0.25, 0.3) is 0 Å². The van der Waals surface area contributed by atoms with Crippen molar-refractivity contribution < 1.29 is 9.53 Å². The standard InChI is InChI=1S/C8H14O2S2/c1-6(5-7(9)10-2)8-11-3-4-12-8/h6,8H,3-5H2,1-2H3.